The average Bonchev–Trinajstić information content (AvgIpc) is 2.70. The van der Waals surface area contributed by atoms with Gasteiger partial charge >= 0.3 is 5.97 Å². The topological polar surface area (TPSA) is 72.9 Å². The highest BCUT2D eigenvalue weighted by molar-refractivity contribution is 5.81. The number of ether oxygens (including phenoxy) is 2. The highest BCUT2D eigenvalue weighted by Gasteiger charge is 2.27. The summed E-state index contributed by atoms with van der Waals surface area (Å²) in [6.07, 6.45) is 3.82. The summed E-state index contributed by atoms with van der Waals surface area (Å²) in [5.74, 6) is 5.55. The number of rotatable bonds is 9. The Morgan fingerprint density at radius 1 is 1.21 bits per heavy atom. The fourth-order valence-electron chi connectivity index (χ4n) is 3.19. The summed E-state index contributed by atoms with van der Waals surface area (Å²) in [6, 6.07) is 9.74. The number of hydrogen-bond donors (Lipinski definition) is 0. The number of nitrogens with zero attached hydrogens (tertiary/aromatic N) is 1. The summed E-state index contributed by atoms with van der Waals surface area (Å²) in [5.41, 5.74) is 1.02. The van der Waals surface area contributed by atoms with Crippen LogP contribution in [0.15, 0.2) is 30.3 Å². The van der Waals surface area contributed by atoms with Crippen LogP contribution in [-0.2, 0) is 30.3 Å². The zero-order valence-electron chi connectivity index (χ0n) is 16.3. The summed E-state index contributed by atoms with van der Waals surface area (Å²) in [7, 11) is 1.30. The van der Waals surface area contributed by atoms with Gasteiger partial charge in [0.25, 0.3) is 0 Å². The van der Waals surface area contributed by atoms with E-state index in [0.29, 0.717) is 32.2 Å². The van der Waals surface area contributed by atoms with Gasteiger partial charge in [-0.3, -0.25) is 9.59 Å². The van der Waals surface area contributed by atoms with E-state index in [4.69, 9.17) is 4.74 Å². The molecule has 150 valence electrons. The molecular formula is C22H27NO5. The molecule has 1 aliphatic rings. The van der Waals surface area contributed by atoms with Crippen molar-refractivity contribution < 1.29 is 23.9 Å². The van der Waals surface area contributed by atoms with Crippen molar-refractivity contribution in [2.75, 3.05) is 26.9 Å². The highest BCUT2D eigenvalue weighted by Crippen LogP contribution is 2.22. The van der Waals surface area contributed by atoms with E-state index >= 15 is 0 Å². The lowest BCUT2D eigenvalue weighted by atomic mass is 9.95. The van der Waals surface area contributed by atoms with E-state index < -0.39 is 5.97 Å². The van der Waals surface area contributed by atoms with E-state index in [-0.39, 0.29) is 30.9 Å². The molecule has 6 nitrogen and oxygen atoms in total. The number of piperidine rings is 1. The number of Topliss-reactive ketones (excluding diaryl/α,β-unsaturated/α-hetero) is 1. The first kappa shape index (κ1) is 21.6. The lowest BCUT2D eigenvalue weighted by molar-refractivity contribution is -0.145. The van der Waals surface area contributed by atoms with Gasteiger partial charge in [0, 0.05) is 25.3 Å². The fourth-order valence-corrected chi connectivity index (χ4v) is 3.19. The molecule has 0 bridgehead atoms. The van der Waals surface area contributed by atoms with Crippen molar-refractivity contribution in [3.05, 3.63) is 35.9 Å². The van der Waals surface area contributed by atoms with Crippen molar-refractivity contribution in [1.29, 1.82) is 0 Å². The smallest absolute Gasteiger partial charge is 0.331 e. The van der Waals surface area contributed by atoms with Crippen LogP contribution in [0.25, 0.3) is 0 Å². The van der Waals surface area contributed by atoms with Crippen LogP contribution in [-0.4, -0.2) is 55.5 Å². The maximum Gasteiger partial charge on any atom is 0.331 e. The van der Waals surface area contributed by atoms with Gasteiger partial charge in [-0.1, -0.05) is 42.2 Å². The summed E-state index contributed by atoms with van der Waals surface area (Å²) >= 11 is 0. The van der Waals surface area contributed by atoms with Gasteiger partial charge < -0.3 is 14.4 Å². The number of amides is 1. The Bertz CT molecular complexity index is 719. The van der Waals surface area contributed by atoms with Crippen LogP contribution in [0.3, 0.4) is 0 Å². The third-order valence-corrected chi connectivity index (χ3v) is 4.69. The van der Waals surface area contributed by atoms with Gasteiger partial charge in [-0.2, -0.15) is 0 Å². The molecule has 0 aromatic heterocycles. The average molecular weight is 385 g/mol. The van der Waals surface area contributed by atoms with Crippen molar-refractivity contribution in [1.82, 2.24) is 4.90 Å². The van der Waals surface area contributed by atoms with Gasteiger partial charge in [-0.25, -0.2) is 4.79 Å². The largest absolute Gasteiger partial charge is 0.467 e. The SMILES string of the molecule is COC(=O)COCC#CCN1C(=O)CCCC1CCC(=O)Cc1ccccc1. The molecule has 1 atom stereocenters. The normalized spacial score (nSPS) is 16.2. The Labute approximate surface area is 166 Å². The second-order valence-electron chi connectivity index (χ2n) is 6.73. The zero-order chi connectivity index (χ0) is 20.2. The Morgan fingerprint density at radius 3 is 2.75 bits per heavy atom. The maximum absolute atomic E-state index is 12.3. The van der Waals surface area contributed by atoms with Gasteiger partial charge in [-0.15, -0.1) is 0 Å². The molecule has 0 N–H and O–H groups in total. The predicted octanol–water partition coefficient (Wildman–Crippen LogP) is 2.15. The Kier molecular flexibility index (Phi) is 9.23. The molecule has 1 aliphatic heterocycles. The number of carbonyl (C=O) groups excluding carboxylic acids is 3. The van der Waals surface area contributed by atoms with Gasteiger partial charge in [0.15, 0.2) is 0 Å². The van der Waals surface area contributed by atoms with E-state index in [9.17, 15) is 14.4 Å². The molecule has 2 rings (SSSR count). The second-order valence-corrected chi connectivity index (χ2v) is 6.73. The molecule has 1 aromatic rings. The summed E-state index contributed by atoms with van der Waals surface area (Å²) in [4.78, 5) is 37.3. The lowest BCUT2D eigenvalue weighted by Gasteiger charge is -2.34. The van der Waals surface area contributed by atoms with E-state index in [1.165, 1.54) is 7.11 Å². The second kappa shape index (κ2) is 11.9. The number of benzene rings is 1. The predicted molar refractivity (Wildman–Crippen MR) is 104 cm³/mol. The molecule has 1 saturated heterocycles. The van der Waals surface area contributed by atoms with Crippen LogP contribution < -0.4 is 0 Å². The van der Waals surface area contributed by atoms with Gasteiger partial charge in [0.1, 0.15) is 19.0 Å². The van der Waals surface area contributed by atoms with Gasteiger partial charge in [0.05, 0.1) is 13.7 Å². The van der Waals surface area contributed by atoms with Gasteiger partial charge in [-0.05, 0) is 24.8 Å². The molecule has 1 aromatic carbocycles. The molecule has 28 heavy (non-hydrogen) atoms. The van der Waals surface area contributed by atoms with Crippen molar-refractivity contribution in [3.63, 3.8) is 0 Å². The molecular weight excluding hydrogens is 358 g/mol. The molecule has 0 spiro atoms. The number of methoxy groups -OCH3 is 1. The molecule has 0 aliphatic carbocycles. The Balaban J connectivity index is 1.78. The number of esters is 1. The fraction of sp³-hybridized carbons (Fsp3) is 0.500. The molecule has 1 amide bonds. The van der Waals surface area contributed by atoms with Crippen molar-refractivity contribution in [2.45, 2.75) is 44.6 Å². The van der Waals surface area contributed by atoms with Crippen LogP contribution in [0.5, 0.6) is 0 Å². The van der Waals surface area contributed by atoms with Crippen LogP contribution in [0.1, 0.15) is 37.7 Å². The van der Waals surface area contributed by atoms with Crippen molar-refractivity contribution in [2.24, 2.45) is 0 Å². The molecule has 0 saturated carbocycles. The van der Waals surface area contributed by atoms with Gasteiger partial charge in [0.2, 0.25) is 5.91 Å². The van der Waals surface area contributed by atoms with E-state index in [0.717, 1.165) is 18.4 Å². The number of carbonyl (C=O) groups is 3. The van der Waals surface area contributed by atoms with Crippen LogP contribution in [0.4, 0.5) is 0 Å². The molecule has 6 heteroatoms. The standard InChI is InChI=1S/C22H27NO5/c1-27-22(26)17-28-15-6-5-14-23-19(10-7-11-21(23)25)12-13-20(24)16-18-8-3-2-4-9-18/h2-4,8-9,19H,7,10-17H2,1H3. The molecule has 1 fully saturated rings. The monoisotopic (exact) mass is 385 g/mol. The summed E-state index contributed by atoms with van der Waals surface area (Å²) in [6.45, 7) is 0.287. The number of likely N-dealkylation sites (tertiary alicyclic amines) is 1. The Morgan fingerprint density at radius 2 is 2.00 bits per heavy atom. The van der Waals surface area contributed by atoms with Crippen molar-refractivity contribution >= 4 is 17.7 Å². The minimum absolute atomic E-state index is 0.0475. The minimum atomic E-state index is -0.451. The highest BCUT2D eigenvalue weighted by atomic mass is 16.6. The maximum atomic E-state index is 12.3. The molecule has 0 radical (unpaired) electrons. The summed E-state index contributed by atoms with van der Waals surface area (Å²) in [5, 5.41) is 0. The molecule has 1 heterocycles. The Hall–Kier alpha value is -2.65. The number of hydrogen-bond acceptors (Lipinski definition) is 5. The zero-order valence-corrected chi connectivity index (χ0v) is 16.3. The van der Waals surface area contributed by atoms with Crippen LogP contribution in [0, 0.1) is 11.8 Å². The minimum Gasteiger partial charge on any atom is -0.467 e. The quantitative estimate of drug-likeness (QED) is 0.370. The third-order valence-electron chi connectivity index (χ3n) is 4.69. The van der Waals surface area contributed by atoms with Crippen LogP contribution in [0.2, 0.25) is 0 Å². The lowest BCUT2D eigenvalue weighted by Crippen LogP contribution is -2.44. The van der Waals surface area contributed by atoms with E-state index in [1.54, 1.807) is 4.90 Å². The summed E-state index contributed by atoms with van der Waals surface area (Å²) < 4.78 is 9.54. The molecule has 1 unspecified atom stereocenters. The first-order chi connectivity index (χ1) is 13.6. The van der Waals surface area contributed by atoms with Crippen molar-refractivity contribution in [3.8, 4) is 11.8 Å². The van der Waals surface area contributed by atoms with E-state index in [2.05, 4.69) is 16.6 Å². The van der Waals surface area contributed by atoms with Crippen LogP contribution >= 0.6 is 0 Å². The first-order valence-corrected chi connectivity index (χ1v) is 9.55. The third kappa shape index (κ3) is 7.53. The number of ketones is 1. The van der Waals surface area contributed by atoms with E-state index in [1.807, 2.05) is 30.3 Å². The first-order valence-electron chi connectivity index (χ1n) is 9.55.